The Labute approximate surface area is 156 Å². The summed E-state index contributed by atoms with van der Waals surface area (Å²) >= 11 is 1.66. The van der Waals surface area contributed by atoms with Crippen molar-refractivity contribution >= 4 is 35.3 Å². The Morgan fingerprint density at radius 1 is 1.27 bits per heavy atom. The number of benzene rings is 1. The van der Waals surface area contributed by atoms with E-state index in [0.717, 1.165) is 10.6 Å². The van der Waals surface area contributed by atoms with Crippen molar-refractivity contribution in [2.75, 3.05) is 23.0 Å². The van der Waals surface area contributed by atoms with Gasteiger partial charge in [-0.15, -0.1) is 16.9 Å². The number of amides is 2. The van der Waals surface area contributed by atoms with E-state index >= 15 is 0 Å². The second kappa shape index (κ2) is 7.11. The van der Waals surface area contributed by atoms with E-state index in [1.807, 2.05) is 30.5 Å². The number of rotatable bonds is 4. The molecule has 1 fully saturated rings. The fourth-order valence-electron chi connectivity index (χ4n) is 2.62. The number of anilines is 2. The Hall–Kier alpha value is -2.35. The maximum atomic E-state index is 12.4. The molecule has 1 aromatic heterocycles. The Bertz CT molecular complexity index is 811. The molecular formula is C18H22N4O3S. The molecule has 0 radical (unpaired) electrons. The van der Waals surface area contributed by atoms with Gasteiger partial charge in [0, 0.05) is 29.0 Å². The minimum Gasteiger partial charge on any atom is -0.407 e. The number of thioether (sulfide) groups is 1. The van der Waals surface area contributed by atoms with Crippen LogP contribution < -0.4 is 10.2 Å². The third-order valence-corrected chi connectivity index (χ3v) is 4.94. The van der Waals surface area contributed by atoms with Crippen LogP contribution in [0.2, 0.25) is 0 Å². The highest BCUT2D eigenvalue weighted by molar-refractivity contribution is 7.98. The number of nitrogens with zero attached hydrogens (tertiary/aromatic N) is 3. The van der Waals surface area contributed by atoms with Crippen LogP contribution in [0.15, 0.2) is 33.6 Å². The number of aromatic nitrogens is 2. The average molecular weight is 374 g/mol. The summed E-state index contributed by atoms with van der Waals surface area (Å²) in [6.07, 6.45) is 2.32. The van der Waals surface area contributed by atoms with Gasteiger partial charge in [-0.3, -0.25) is 14.9 Å². The van der Waals surface area contributed by atoms with E-state index < -0.39 is 5.41 Å². The lowest BCUT2D eigenvalue weighted by atomic mass is 9.96. The van der Waals surface area contributed by atoms with Crippen molar-refractivity contribution in [3.8, 4) is 0 Å². The fraction of sp³-hybridized carbons (Fsp3) is 0.444. The topological polar surface area (TPSA) is 88.3 Å². The molecule has 2 heterocycles. The molecule has 8 heteroatoms. The molecule has 0 aliphatic carbocycles. The molecule has 0 unspecified atom stereocenters. The van der Waals surface area contributed by atoms with E-state index in [0.29, 0.717) is 18.9 Å². The van der Waals surface area contributed by atoms with Crippen LogP contribution in [-0.4, -0.2) is 34.8 Å². The van der Waals surface area contributed by atoms with Gasteiger partial charge in [-0.25, -0.2) is 0 Å². The van der Waals surface area contributed by atoms with Crippen molar-refractivity contribution in [1.29, 1.82) is 0 Å². The van der Waals surface area contributed by atoms with Crippen LogP contribution >= 0.6 is 11.8 Å². The highest BCUT2D eigenvalue weighted by Crippen LogP contribution is 2.32. The van der Waals surface area contributed by atoms with Crippen molar-refractivity contribution in [3.63, 3.8) is 0 Å². The van der Waals surface area contributed by atoms with Crippen molar-refractivity contribution < 1.29 is 14.0 Å². The molecule has 2 aromatic rings. The first kappa shape index (κ1) is 18.4. The van der Waals surface area contributed by atoms with Gasteiger partial charge in [0.15, 0.2) is 0 Å². The second-order valence-corrected chi connectivity index (χ2v) is 8.13. The summed E-state index contributed by atoms with van der Waals surface area (Å²) in [5.41, 5.74) is 0.300. The van der Waals surface area contributed by atoms with E-state index in [1.165, 1.54) is 0 Å². The number of hydrogen-bond donors (Lipinski definition) is 1. The van der Waals surface area contributed by atoms with Gasteiger partial charge >= 0.3 is 6.01 Å². The molecule has 0 bridgehead atoms. The molecule has 1 aliphatic rings. The first-order chi connectivity index (χ1) is 12.3. The van der Waals surface area contributed by atoms with Crippen molar-refractivity contribution in [1.82, 2.24) is 10.2 Å². The Morgan fingerprint density at radius 3 is 2.58 bits per heavy atom. The summed E-state index contributed by atoms with van der Waals surface area (Å²) in [6, 6.07) is 7.93. The summed E-state index contributed by atoms with van der Waals surface area (Å²) in [5, 5.41) is 10.5. The van der Waals surface area contributed by atoms with Gasteiger partial charge in [-0.1, -0.05) is 25.9 Å². The fourth-order valence-corrected chi connectivity index (χ4v) is 3.03. The van der Waals surface area contributed by atoms with Crippen LogP contribution in [0.4, 0.5) is 11.7 Å². The lowest BCUT2D eigenvalue weighted by Gasteiger charge is -2.16. The van der Waals surface area contributed by atoms with E-state index in [2.05, 4.69) is 15.5 Å². The molecule has 7 nitrogen and oxygen atoms in total. The molecule has 2 amide bonds. The maximum Gasteiger partial charge on any atom is 0.322 e. The van der Waals surface area contributed by atoms with Gasteiger partial charge in [-0.2, -0.15) is 0 Å². The van der Waals surface area contributed by atoms with Gasteiger partial charge in [-0.05, 0) is 30.5 Å². The van der Waals surface area contributed by atoms with Crippen LogP contribution in [0.25, 0.3) is 0 Å². The molecule has 1 aromatic carbocycles. The van der Waals surface area contributed by atoms with Gasteiger partial charge in [0.2, 0.25) is 17.7 Å². The van der Waals surface area contributed by atoms with E-state index in [4.69, 9.17) is 4.42 Å². The second-order valence-electron chi connectivity index (χ2n) is 7.25. The first-order valence-corrected chi connectivity index (χ1v) is 9.59. The van der Waals surface area contributed by atoms with E-state index in [-0.39, 0.29) is 23.7 Å². The minimum atomic E-state index is -0.558. The van der Waals surface area contributed by atoms with Crippen LogP contribution in [0, 0.1) is 5.41 Å². The maximum absolute atomic E-state index is 12.4. The number of nitrogens with one attached hydrogen (secondary N) is 1. The summed E-state index contributed by atoms with van der Waals surface area (Å²) in [7, 11) is 0. The number of carbonyl (C=O) groups excluding carboxylic acids is 2. The van der Waals surface area contributed by atoms with Gasteiger partial charge in [0.25, 0.3) is 0 Å². The summed E-state index contributed by atoms with van der Waals surface area (Å²) in [5.74, 6) is -0.00241. The van der Waals surface area contributed by atoms with Crippen molar-refractivity contribution in [2.45, 2.75) is 38.0 Å². The standard InChI is InChI=1S/C18H22N4O3S/c1-18(2,3)16(24)19-17-21-20-15(25-17)11-9-14(23)22(10-11)12-5-7-13(26-4)8-6-12/h5-8,11H,9-10H2,1-4H3,(H,19,21,24)/t11-/m0/s1. The van der Waals surface area contributed by atoms with Crippen LogP contribution in [0.3, 0.4) is 0 Å². The highest BCUT2D eigenvalue weighted by atomic mass is 32.2. The Balaban J connectivity index is 1.69. The van der Waals surface area contributed by atoms with Crippen LogP contribution in [0.1, 0.15) is 39.0 Å². The minimum absolute atomic E-state index is 0.0189. The normalized spacial score (nSPS) is 17.6. The first-order valence-electron chi connectivity index (χ1n) is 8.37. The molecule has 1 atom stereocenters. The third kappa shape index (κ3) is 3.90. The van der Waals surface area contributed by atoms with Crippen molar-refractivity contribution in [2.24, 2.45) is 5.41 Å². The van der Waals surface area contributed by atoms with Crippen molar-refractivity contribution in [3.05, 3.63) is 30.2 Å². The summed E-state index contributed by atoms with van der Waals surface area (Å²) in [4.78, 5) is 27.3. The molecule has 1 saturated heterocycles. The number of hydrogen-bond acceptors (Lipinski definition) is 6. The SMILES string of the molecule is CSc1ccc(N2C[C@@H](c3nnc(NC(=O)C(C)(C)C)o3)CC2=O)cc1. The Kier molecular flexibility index (Phi) is 5.04. The number of carbonyl (C=O) groups is 2. The average Bonchev–Trinajstić information content (AvgIpc) is 3.21. The van der Waals surface area contributed by atoms with Crippen LogP contribution in [0.5, 0.6) is 0 Å². The lowest BCUT2D eigenvalue weighted by Crippen LogP contribution is -2.27. The molecule has 0 saturated carbocycles. The van der Waals surface area contributed by atoms with Gasteiger partial charge in [0.1, 0.15) is 0 Å². The van der Waals surface area contributed by atoms with Gasteiger partial charge < -0.3 is 9.32 Å². The molecular weight excluding hydrogens is 352 g/mol. The molecule has 26 heavy (non-hydrogen) atoms. The zero-order chi connectivity index (χ0) is 18.9. The zero-order valence-corrected chi connectivity index (χ0v) is 16.1. The smallest absolute Gasteiger partial charge is 0.322 e. The van der Waals surface area contributed by atoms with Crippen LogP contribution in [-0.2, 0) is 9.59 Å². The molecule has 138 valence electrons. The predicted molar refractivity (Wildman–Crippen MR) is 100 cm³/mol. The quantitative estimate of drug-likeness (QED) is 0.826. The zero-order valence-electron chi connectivity index (χ0n) is 15.3. The molecule has 1 N–H and O–H groups in total. The van der Waals surface area contributed by atoms with E-state index in [1.54, 1.807) is 37.4 Å². The third-order valence-electron chi connectivity index (χ3n) is 4.20. The highest BCUT2D eigenvalue weighted by Gasteiger charge is 2.35. The monoisotopic (exact) mass is 374 g/mol. The lowest BCUT2D eigenvalue weighted by molar-refractivity contribution is -0.123. The molecule has 0 spiro atoms. The molecule has 1 aliphatic heterocycles. The summed E-state index contributed by atoms with van der Waals surface area (Å²) in [6.45, 7) is 5.88. The predicted octanol–water partition coefficient (Wildman–Crippen LogP) is 3.30. The largest absolute Gasteiger partial charge is 0.407 e. The van der Waals surface area contributed by atoms with E-state index in [9.17, 15) is 9.59 Å². The Morgan fingerprint density at radius 2 is 1.96 bits per heavy atom. The van der Waals surface area contributed by atoms with Gasteiger partial charge in [0.05, 0.1) is 5.92 Å². The summed E-state index contributed by atoms with van der Waals surface area (Å²) < 4.78 is 5.57. The molecule has 3 rings (SSSR count).